The summed E-state index contributed by atoms with van der Waals surface area (Å²) in [6.45, 7) is 0. The van der Waals surface area contributed by atoms with Crippen molar-refractivity contribution in [3.63, 3.8) is 0 Å². The Hall–Kier alpha value is -6.20. The molecule has 0 aliphatic carbocycles. The van der Waals surface area contributed by atoms with Crippen LogP contribution in [-0.4, -0.2) is 0 Å². The fourth-order valence-corrected chi connectivity index (χ4v) is 10.1. The summed E-state index contributed by atoms with van der Waals surface area (Å²) in [4.78, 5) is 2.37. The average molecular weight is 700 g/mol. The van der Waals surface area contributed by atoms with E-state index in [1.165, 1.54) is 51.5 Å². The molecule has 11 aromatic rings. The van der Waals surface area contributed by atoms with E-state index in [9.17, 15) is 0 Å². The predicted octanol–water partition coefficient (Wildman–Crippen LogP) is 15.1. The molecule has 0 radical (unpaired) electrons. The maximum absolute atomic E-state index is 6.40. The normalized spacial score (nSPS) is 11.8. The number of anilines is 3. The first-order chi connectivity index (χ1) is 25.7. The minimum absolute atomic E-state index is 0.913. The number of benzene rings is 8. The summed E-state index contributed by atoms with van der Waals surface area (Å²) in [5.74, 6) is 0. The lowest BCUT2D eigenvalue weighted by Gasteiger charge is -2.26. The van der Waals surface area contributed by atoms with Crippen LogP contribution in [0, 0.1) is 0 Å². The number of fused-ring (bicyclic) bond motifs is 9. The molecule has 8 aromatic carbocycles. The van der Waals surface area contributed by atoms with Gasteiger partial charge < -0.3 is 9.32 Å². The van der Waals surface area contributed by atoms with Crippen molar-refractivity contribution in [2.24, 2.45) is 0 Å². The number of rotatable bonds is 5. The number of thiophene rings is 2. The van der Waals surface area contributed by atoms with Gasteiger partial charge in [0.15, 0.2) is 0 Å². The lowest BCUT2D eigenvalue weighted by molar-refractivity contribution is 0.670. The first-order valence-electron chi connectivity index (χ1n) is 17.5. The Balaban J connectivity index is 1.01. The van der Waals surface area contributed by atoms with E-state index >= 15 is 0 Å². The predicted molar refractivity (Wildman–Crippen MR) is 225 cm³/mol. The van der Waals surface area contributed by atoms with Crippen molar-refractivity contribution in [2.75, 3.05) is 4.90 Å². The van der Waals surface area contributed by atoms with E-state index in [0.29, 0.717) is 0 Å². The van der Waals surface area contributed by atoms with Crippen LogP contribution in [0.5, 0.6) is 0 Å². The van der Waals surface area contributed by atoms with E-state index in [2.05, 4.69) is 169 Å². The Labute approximate surface area is 308 Å². The molecule has 4 heteroatoms. The minimum Gasteiger partial charge on any atom is -0.455 e. The Morgan fingerprint density at radius 2 is 0.865 bits per heavy atom. The van der Waals surface area contributed by atoms with Gasteiger partial charge in [0.2, 0.25) is 0 Å². The Morgan fingerprint density at radius 1 is 0.346 bits per heavy atom. The second kappa shape index (κ2) is 11.7. The highest BCUT2D eigenvalue weighted by Crippen LogP contribution is 2.43. The van der Waals surface area contributed by atoms with Gasteiger partial charge in [0.25, 0.3) is 0 Å². The van der Waals surface area contributed by atoms with Crippen LogP contribution in [0.1, 0.15) is 0 Å². The average Bonchev–Trinajstić information content (AvgIpc) is 3.89. The number of hydrogen-bond donors (Lipinski definition) is 0. The Bertz CT molecular complexity index is 3130. The standard InChI is InChI=1S/C48H29NOS2/c1-4-13-43-37(8-1)42-12-7-11-36(48(42)50-43)31-18-23-34(24-19-31)49(35-25-27-41-39-10-3-6-15-45(39)52-47(41)29-35)33-21-16-30(17-22-33)32-20-26-40-38-9-2-5-14-44(38)51-46(40)28-32/h1-29H. The topological polar surface area (TPSA) is 16.4 Å². The molecule has 0 unspecified atom stereocenters. The summed E-state index contributed by atoms with van der Waals surface area (Å²) in [6.07, 6.45) is 0. The van der Waals surface area contributed by atoms with Gasteiger partial charge in [-0.3, -0.25) is 0 Å². The van der Waals surface area contributed by atoms with Crippen LogP contribution >= 0.6 is 22.7 Å². The largest absolute Gasteiger partial charge is 0.455 e. The maximum Gasteiger partial charge on any atom is 0.143 e. The minimum atomic E-state index is 0.913. The van der Waals surface area contributed by atoms with E-state index in [4.69, 9.17) is 4.42 Å². The first kappa shape index (κ1) is 29.5. The van der Waals surface area contributed by atoms with Crippen LogP contribution in [0.15, 0.2) is 180 Å². The number of hydrogen-bond acceptors (Lipinski definition) is 4. The molecule has 0 atom stereocenters. The van der Waals surface area contributed by atoms with E-state index < -0.39 is 0 Å². The molecule has 3 heterocycles. The highest BCUT2D eigenvalue weighted by molar-refractivity contribution is 7.26. The van der Waals surface area contributed by atoms with Crippen molar-refractivity contribution >= 4 is 102 Å². The van der Waals surface area contributed by atoms with Crippen LogP contribution in [0.4, 0.5) is 17.1 Å². The summed E-state index contributed by atoms with van der Waals surface area (Å²) < 4.78 is 11.6. The zero-order valence-electron chi connectivity index (χ0n) is 27.9. The van der Waals surface area contributed by atoms with Crippen LogP contribution in [0.25, 0.3) is 84.5 Å². The molecule has 0 fully saturated rings. The fourth-order valence-electron chi connectivity index (χ4n) is 7.77. The zero-order chi connectivity index (χ0) is 34.2. The van der Waals surface area contributed by atoms with Gasteiger partial charge in [0.1, 0.15) is 11.2 Å². The Morgan fingerprint density at radius 3 is 1.58 bits per heavy atom. The number of nitrogens with zero attached hydrogens (tertiary/aromatic N) is 1. The lowest BCUT2D eigenvalue weighted by Crippen LogP contribution is -2.09. The van der Waals surface area contributed by atoms with E-state index in [1.807, 2.05) is 34.8 Å². The van der Waals surface area contributed by atoms with Gasteiger partial charge in [-0.15, -0.1) is 22.7 Å². The summed E-state index contributed by atoms with van der Waals surface area (Å²) in [6, 6.07) is 63.7. The van der Waals surface area contributed by atoms with Crippen molar-refractivity contribution in [3.05, 3.63) is 176 Å². The third kappa shape index (κ3) is 4.69. The highest BCUT2D eigenvalue weighted by Gasteiger charge is 2.17. The van der Waals surface area contributed by atoms with E-state index in [1.54, 1.807) is 0 Å². The first-order valence-corrected chi connectivity index (χ1v) is 19.1. The third-order valence-corrected chi connectivity index (χ3v) is 12.6. The molecule has 0 bridgehead atoms. The van der Waals surface area contributed by atoms with Crippen LogP contribution in [0.2, 0.25) is 0 Å². The zero-order valence-corrected chi connectivity index (χ0v) is 29.5. The van der Waals surface area contributed by atoms with Gasteiger partial charge >= 0.3 is 0 Å². The molecule has 0 saturated heterocycles. The molecule has 0 amide bonds. The molecule has 52 heavy (non-hydrogen) atoms. The number of furan rings is 1. The summed E-state index contributed by atoms with van der Waals surface area (Å²) >= 11 is 3.71. The van der Waals surface area contributed by atoms with Gasteiger partial charge in [-0.1, -0.05) is 115 Å². The summed E-state index contributed by atoms with van der Waals surface area (Å²) in [5, 5.41) is 7.54. The van der Waals surface area contributed by atoms with Crippen LogP contribution in [-0.2, 0) is 0 Å². The van der Waals surface area contributed by atoms with Crippen molar-refractivity contribution in [1.29, 1.82) is 0 Å². The second-order valence-electron chi connectivity index (χ2n) is 13.3. The molecular weight excluding hydrogens is 671 g/mol. The van der Waals surface area contributed by atoms with Gasteiger partial charge in [-0.05, 0) is 77.4 Å². The molecule has 11 rings (SSSR count). The molecule has 0 aliphatic heterocycles. The third-order valence-electron chi connectivity index (χ3n) is 10.3. The van der Waals surface area contributed by atoms with E-state index in [0.717, 1.165) is 50.1 Å². The molecule has 0 saturated carbocycles. The number of para-hydroxylation sites is 2. The van der Waals surface area contributed by atoms with Gasteiger partial charge in [0.05, 0.1) is 0 Å². The summed E-state index contributed by atoms with van der Waals surface area (Å²) in [7, 11) is 0. The van der Waals surface area contributed by atoms with Gasteiger partial charge in [0, 0.05) is 73.7 Å². The van der Waals surface area contributed by atoms with Crippen molar-refractivity contribution < 1.29 is 4.42 Å². The molecule has 244 valence electrons. The van der Waals surface area contributed by atoms with Gasteiger partial charge in [-0.25, -0.2) is 0 Å². The second-order valence-corrected chi connectivity index (χ2v) is 15.5. The van der Waals surface area contributed by atoms with Crippen molar-refractivity contribution in [1.82, 2.24) is 0 Å². The van der Waals surface area contributed by atoms with E-state index in [-0.39, 0.29) is 0 Å². The molecule has 0 N–H and O–H groups in total. The lowest BCUT2D eigenvalue weighted by atomic mass is 10.0. The molecule has 2 nitrogen and oxygen atoms in total. The van der Waals surface area contributed by atoms with Crippen molar-refractivity contribution in [2.45, 2.75) is 0 Å². The summed E-state index contributed by atoms with van der Waals surface area (Å²) in [5.41, 5.74) is 9.83. The fraction of sp³-hybridized carbons (Fsp3) is 0. The Kier molecular flexibility index (Phi) is 6.63. The van der Waals surface area contributed by atoms with Gasteiger partial charge in [-0.2, -0.15) is 0 Å². The van der Waals surface area contributed by atoms with Crippen LogP contribution < -0.4 is 4.90 Å². The molecule has 3 aromatic heterocycles. The SMILES string of the molecule is c1ccc2c(c1)oc1c(-c3ccc(N(c4ccc(-c5ccc6c(c5)sc5ccccc56)cc4)c4ccc5c(c4)sc4ccccc45)cc3)cccc12. The molecular formula is C48H29NOS2. The highest BCUT2D eigenvalue weighted by atomic mass is 32.1. The smallest absolute Gasteiger partial charge is 0.143 e. The molecule has 0 aliphatic rings. The maximum atomic E-state index is 6.40. The van der Waals surface area contributed by atoms with Crippen molar-refractivity contribution in [3.8, 4) is 22.3 Å². The quantitative estimate of drug-likeness (QED) is 0.178. The van der Waals surface area contributed by atoms with Crippen LogP contribution in [0.3, 0.4) is 0 Å². The monoisotopic (exact) mass is 699 g/mol. The molecule has 0 spiro atoms.